The maximum atomic E-state index is 12.2. The Hall–Kier alpha value is -2.59. The summed E-state index contributed by atoms with van der Waals surface area (Å²) >= 11 is 0. The number of hydrogen-bond donors (Lipinski definition) is 1. The monoisotopic (exact) mass is 312 g/mol. The summed E-state index contributed by atoms with van der Waals surface area (Å²) in [6.07, 6.45) is 0.569. The molecule has 2 rings (SSSR count). The molecule has 4 nitrogen and oxygen atoms in total. The van der Waals surface area contributed by atoms with Gasteiger partial charge in [-0.25, -0.2) is 4.79 Å². The number of ether oxygens (including phenoxy) is 2. The molecule has 0 aliphatic heterocycles. The Balaban J connectivity index is 2.40. The quantitative estimate of drug-likeness (QED) is 0.656. The first-order chi connectivity index (χ1) is 11.2. The summed E-state index contributed by atoms with van der Waals surface area (Å²) in [4.78, 5) is 12.2. The highest BCUT2D eigenvalue weighted by atomic mass is 16.5. The first-order valence-electron chi connectivity index (χ1n) is 7.41. The van der Waals surface area contributed by atoms with Gasteiger partial charge in [0.05, 0.1) is 19.3 Å². The van der Waals surface area contributed by atoms with E-state index in [4.69, 9.17) is 9.47 Å². The van der Waals surface area contributed by atoms with Gasteiger partial charge in [-0.3, -0.25) is 0 Å². The van der Waals surface area contributed by atoms with Crippen molar-refractivity contribution in [1.29, 1.82) is 0 Å². The van der Waals surface area contributed by atoms with Gasteiger partial charge in [0.15, 0.2) is 0 Å². The van der Waals surface area contributed by atoms with E-state index >= 15 is 0 Å². The minimum Gasteiger partial charge on any atom is -0.497 e. The van der Waals surface area contributed by atoms with E-state index in [0.717, 1.165) is 5.56 Å². The van der Waals surface area contributed by atoms with Gasteiger partial charge >= 0.3 is 5.97 Å². The summed E-state index contributed by atoms with van der Waals surface area (Å²) in [5.41, 5.74) is 1.57. The highest BCUT2D eigenvalue weighted by molar-refractivity contribution is 5.95. The third kappa shape index (κ3) is 4.44. The van der Waals surface area contributed by atoms with E-state index in [1.54, 1.807) is 38.3 Å². The number of methoxy groups -OCH3 is 1. The fourth-order valence-corrected chi connectivity index (χ4v) is 2.19. The van der Waals surface area contributed by atoms with Crippen LogP contribution in [0.1, 0.15) is 24.2 Å². The van der Waals surface area contributed by atoms with Crippen molar-refractivity contribution in [1.82, 2.24) is 0 Å². The first-order valence-corrected chi connectivity index (χ1v) is 7.41. The summed E-state index contributed by atoms with van der Waals surface area (Å²) in [6, 6.07) is 16.3. The molecular formula is C19H20O4. The zero-order valence-electron chi connectivity index (χ0n) is 13.2. The Kier molecular flexibility index (Phi) is 5.94. The van der Waals surface area contributed by atoms with E-state index in [9.17, 15) is 9.90 Å². The average Bonchev–Trinajstić information content (AvgIpc) is 2.60. The molecular weight excluding hydrogens is 292 g/mol. The fraction of sp³-hybridized carbons (Fsp3) is 0.211. The molecule has 2 aromatic rings. The standard InChI is InChI=1S/C19H20O4/c1-3-23-19(21)17(18(20)15-9-5-4-6-10-15)13-14-8-7-11-16(12-14)22-2/h4-13,18,20H,3H2,1-2H3/b17-13+. The molecule has 0 bridgehead atoms. The SMILES string of the molecule is CCOC(=O)/C(=C/c1cccc(OC)c1)C(O)c1ccccc1. The number of carbonyl (C=O) groups is 1. The van der Waals surface area contributed by atoms with Crippen LogP contribution in [0.3, 0.4) is 0 Å². The molecule has 0 aliphatic carbocycles. The third-order valence-corrected chi connectivity index (χ3v) is 3.34. The number of aliphatic hydroxyl groups excluding tert-OH is 1. The van der Waals surface area contributed by atoms with Crippen LogP contribution >= 0.6 is 0 Å². The molecule has 1 unspecified atom stereocenters. The van der Waals surface area contributed by atoms with Crippen molar-refractivity contribution in [3.8, 4) is 5.75 Å². The summed E-state index contributed by atoms with van der Waals surface area (Å²) in [7, 11) is 1.58. The van der Waals surface area contributed by atoms with E-state index in [0.29, 0.717) is 11.3 Å². The van der Waals surface area contributed by atoms with E-state index in [1.807, 2.05) is 36.4 Å². The Morgan fingerprint density at radius 3 is 2.57 bits per heavy atom. The van der Waals surface area contributed by atoms with Crippen LogP contribution in [0.15, 0.2) is 60.2 Å². The van der Waals surface area contributed by atoms with E-state index in [1.165, 1.54) is 0 Å². The van der Waals surface area contributed by atoms with Gasteiger partial charge in [0.25, 0.3) is 0 Å². The van der Waals surface area contributed by atoms with Crippen LogP contribution in [0.4, 0.5) is 0 Å². The van der Waals surface area contributed by atoms with Crippen molar-refractivity contribution in [2.75, 3.05) is 13.7 Å². The zero-order valence-corrected chi connectivity index (χ0v) is 13.2. The van der Waals surface area contributed by atoms with Gasteiger partial charge in [-0.1, -0.05) is 42.5 Å². The van der Waals surface area contributed by atoms with Crippen LogP contribution in [0.25, 0.3) is 6.08 Å². The van der Waals surface area contributed by atoms with Crippen molar-refractivity contribution < 1.29 is 19.4 Å². The van der Waals surface area contributed by atoms with Gasteiger partial charge in [-0.15, -0.1) is 0 Å². The lowest BCUT2D eigenvalue weighted by Crippen LogP contribution is -2.14. The van der Waals surface area contributed by atoms with Crippen molar-refractivity contribution >= 4 is 12.0 Å². The molecule has 0 amide bonds. The molecule has 4 heteroatoms. The lowest BCUT2D eigenvalue weighted by Gasteiger charge is -2.15. The molecule has 0 aliphatic rings. The molecule has 0 aromatic heterocycles. The fourth-order valence-electron chi connectivity index (χ4n) is 2.19. The van der Waals surface area contributed by atoms with Crippen LogP contribution in [0, 0.1) is 0 Å². The molecule has 0 radical (unpaired) electrons. The van der Waals surface area contributed by atoms with Crippen LogP contribution in [0.5, 0.6) is 5.75 Å². The maximum absolute atomic E-state index is 12.2. The summed E-state index contributed by atoms with van der Waals surface area (Å²) in [5.74, 6) is 0.142. The normalized spacial score (nSPS) is 12.6. The summed E-state index contributed by atoms with van der Waals surface area (Å²) in [5, 5.41) is 10.6. The predicted molar refractivity (Wildman–Crippen MR) is 89.0 cm³/mol. The minimum atomic E-state index is -1.05. The summed E-state index contributed by atoms with van der Waals surface area (Å²) < 4.78 is 10.3. The molecule has 0 spiro atoms. The van der Waals surface area contributed by atoms with E-state index in [2.05, 4.69) is 0 Å². The number of aliphatic hydroxyl groups is 1. The minimum absolute atomic E-state index is 0.186. The lowest BCUT2D eigenvalue weighted by atomic mass is 9.99. The number of rotatable bonds is 6. The third-order valence-electron chi connectivity index (χ3n) is 3.34. The van der Waals surface area contributed by atoms with Crippen molar-refractivity contribution in [3.63, 3.8) is 0 Å². The van der Waals surface area contributed by atoms with Crippen LogP contribution in [0.2, 0.25) is 0 Å². The highest BCUT2D eigenvalue weighted by Crippen LogP contribution is 2.25. The molecule has 0 fully saturated rings. The van der Waals surface area contributed by atoms with Gasteiger partial charge in [0, 0.05) is 0 Å². The molecule has 1 atom stereocenters. The molecule has 1 N–H and O–H groups in total. The maximum Gasteiger partial charge on any atom is 0.337 e. The molecule has 23 heavy (non-hydrogen) atoms. The second-order valence-electron chi connectivity index (χ2n) is 4.91. The van der Waals surface area contributed by atoms with Crippen molar-refractivity contribution in [2.24, 2.45) is 0 Å². The second-order valence-corrected chi connectivity index (χ2v) is 4.91. The molecule has 120 valence electrons. The second kappa shape index (κ2) is 8.15. The molecule has 2 aromatic carbocycles. The van der Waals surface area contributed by atoms with Gasteiger partial charge in [-0.2, -0.15) is 0 Å². The summed E-state index contributed by atoms with van der Waals surface area (Å²) in [6.45, 7) is 1.98. The number of hydrogen-bond acceptors (Lipinski definition) is 4. The van der Waals surface area contributed by atoms with Gasteiger partial charge in [0.2, 0.25) is 0 Å². The first kappa shape index (κ1) is 16.8. The van der Waals surface area contributed by atoms with Crippen molar-refractivity contribution in [3.05, 3.63) is 71.3 Å². The average molecular weight is 312 g/mol. The molecule has 0 saturated heterocycles. The predicted octanol–water partition coefficient (Wildman–Crippen LogP) is 3.38. The Morgan fingerprint density at radius 2 is 1.91 bits per heavy atom. The van der Waals surface area contributed by atoms with E-state index < -0.39 is 12.1 Å². The topological polar surface area (TPSA) is 55.8 Å². The van der Waals surface area contributed by atoms with Crippen molar-refractivity contribution in [2.45, 2.75) is 13.0 Å². The van der Waals surface area contributed by atoms with Crippen LogP contribution in [-0.2, 0) is 9.53 Å². The van der Waals surface area contributed by atoms with E-state index in [-0.39, 0.29) is 12.2 Å². The molecule has 0 saturated carbocycles. The number of carbonyl (C=O) groups excluding carboxylic acids is 1. The Bertz CT molecular complexity index is 677. The lowest BCUT2D eigenvalue weighted by molar-refractivity contribution is -0.139. The smallest absolute Gasteiger partial charge is 0.337 e. The zero-order chi connectivity index (χ0) is 16.7. The number of benzene rings is 2. The number of esters is 1. The van der Waals surface area contributed by atoms with Gasteiger partial charge < -0.3 is 14.6 Å². The highest BCUT2D eigenvalue weighted by Gasteiger charge is 2.21. The van der Waals surface area contributed by atoms with Crippen LogP contribution < -0.4 is 4.74 Å². The van der Waals surface area contributed by atoms with Gasteiger partial charge in [0.1, 0.15) is 11.9 Å². The Morgan fingerprint density at radius 1 is 1.17 bits per heavy atom. The van der Waals surface area contributed by atoms with Crippen LogP contribution in [-0.4, -0.2) is 24.8 Å². The molecule has 0 heterocycles. The Labute approximate surface area is 136 Å². The largest absolute Gasteiger partial charge is 0.497 e. The van der Waals surface area contributed by atoms with Gasteiger partial charge in [-0.05, 0) is 36.3 Å².